The maximum absolute atomic E-state index is 11.8. The Labute approximate surface area is 130 Å². The van der Waals surface area contributed by atoms with Gasteiger partial charge in [-0.15, -0.1) is 0 Å². The first-order valence-corrected chi connectivity index (χ1v) is 5.92. The molecule has 0 N–H and O–H groups in total. The van der Waals surface area contributed by atoms with Gasteiger partial charge in [0.05, 0.1) is 0 Å². The molecule has 0 rings (SSSR count). The van der Waals surface area contributed by atoms with Crippen LogP contribution in [0.2, 0.25) is 0 Å². The zero-order chi connectivity index (χ0) is 11.6. The summed E-state index contributed by atoms with van der Waals surface area (Å²) >= 11 is 0. The van der Waals surface area contributed by atoms with Crippen LogP contribution in [0.5, 0.6) is 0 Å². The van der Waals surface area contributed by atoms with Gasteiger partial charge in [-0.05, 0) is 6.42 Å². The fraction of sp³-hybridized carbons (Fsp3) is 0.917. The van der Waals surface area contributed by atoms with Gasteiger partial charge in [-0.3, -0.25) is 0 Å². The Balaban J connectivity index is -0.000000980. The predicted molar refractivity (Wildman–Crippen MR) is 63.3 cm³/mol. The van der Waals surface area contributed by atoms with Gasteiger partial charge in [0.2, 0.25) is 0 Å². The molecule has 5 heteroatoms. The number of halogens is 4. The second kappa shape index (κ2) is 15.1. The maximum atomic E-state index is 11.8. The van der Waals surface area contributed by atoms with E-state index in [0.717, 1.165) is 32.1 Å². The van der Waals surface area contributed by atoms with Crippen LogP contribution >= 0.6 is 0 Å². The molecule has 0 aromatic rings. The van der Waals surface area contributed by atoms with E-state index in [0.29, 0.717) is 6.42 Å². The number of rotatable bonds is 9. The summed E-state index contributed by atoms with van der Waals surface area (Å²) in [7, 11) is 0. The van der Waals surface area contributed by atoms with E-state index in [9.17, 15) is 13.2 Å². The Bertz CT molecular complexity index is 140. The summed E-state index contributed by atoms with van der Waals surface area (Å²) in [6.07, 6.45) is 4.20. The normalized spacial score (nSPS) is 10.6. The standard InChI is InChI=1S/C12H22F3.BrH.Mg/c1-2-3-4-5-6-7-8-9-10-11-12(13,14)15;;/h1-11H2;1H;/q-1;;+2/p-1. The first-order chi connectivity index (χ1) is 7.06. The molecule has 0 aromatic heterocycles. The van der Waals surface area contributed by atoms with E-state index in [-0.39, 0.29) is 40.0 Å². The van der Waals surface area contributed by atoms with Gasteiger partial charge in [-0.2, -0.15) is 19.6 Å². The van der Waals surface area contributed by atoms with E-state index >= 15 is 0 Å². The largest absolute Gasteiger partial charge is 2.00 e. The smallest absolute Gasteiger partial charge is 1.00 e. The molecule has 100 valence electrons. The van der Waals surface area contributed by atoms with E-state index in [2.05, 4.69) is 6.92 Å². The third kappa shape index (κ3) is 22.7. The van der Waals surface area contributed by atoms with Crippen molar-refractivity contribution in [2.45, 2.75) is 70.4 Å². The quantitative estimate of drug-likeness (QED) is 0.345. The van der Waals surface area contributed by atoms with Gasteiger partial charge in [-0.1, -0.05) is 44.9 Å². The van der Waals surface area contributed by atoms with E-state index in [1.807, 2.05) is 0 Å². The second-order valence-corrected chi connectivity index (χ2v) is 4.05. The molecule has 0 saturated carbocycles. The van der Waals surface area contributed by atoms with Crippen molar-refractivity contribution in [2.75, 3.05) is 0 Å². The maximum Gasteiger partial charge on any atom is 2.00 e. The number of hydrogen-bond acceptors (Lipinski definition) is 0. The van der Waals surface area contributed by atoms with E-state index < -0.39 is 12.6 Å². The number of alkyl halides is 3. The predicted octanol–water partition coefficient (Wildman–Crippen LogP) is 1.91. The molecule has 0 amide bonds. The van der Waals surface area contributed by atoms with Crippen LogP contribution < -0.4 is 17.0 Å². The molecule has 0 saturated heterocycles. The number of hydrogen-bond donors (Lipinski definition) is 0. The fourth-order valence-electron chi connectivity index (χ4n) is 1.56. The molecule has 0 radical (unpaired) electrons. The molecule has 0 spiro atoms. The minimum Gasteiger partial charge on any atom is -1.00 e. The third-order valence-corrected chi connectivity index (χ3v) is 2.46. The van der Waals surface area contributed by atoms with Gasteiger partial charge in [0.15, 0.2) is 0 Å². The first-order valence-electron chi connectivity index (χ1n) is 5.92. The van der Waals surface area contributed by atoms with Crippen molar-refractivity contribution in [3.63, 3.8) is 0 Å². The molecule has 0 bridgehead atoms. The summed E-state index contributed by atoms with van der Waals surface area (Å²) < 4.78 is 35.3. The molecular formula is C12H22BrF3Mg. The van der Waals surface area contributed by atoms with Crippen LogP contribution in [0.25, 0.3) is 0 Å². The summed E-state index contributed by atoms with van der Waals surface area (Å²) in [5.41, 5.74) is 0. The van der Waals surface area contributed by atoms with Crippen LogP contribution in [0.15, 0.2) is 0 Å². The number of unbranched alkanes of at least 4 members (excludes halogenated alkanes) is 8. The van der Waals surface area contributed by atoms with Crippen molar-refractivity contribution in [3.8, 4) is 0 Å². The average Bonchev–Trinajstić information content (AvgIpc) is 2.14. The van der Waals surface area contributed by atoms with Crippen molar-refractivity contribution in [3.05, 3.63) is 6.92 Å². The summed E-state index contributed by atoms with van der Waals surface area (Å²) in [5.74, 6) is 0. The zero-order valence-corrected chi connectivity index (χ0v) is 13.5. The van der Waals surface area contributed by atoms with Crippen LogP contribution in [0, 0.1) is 6.92 Å². The van der Waals surface area contributed by atoms with Crippen LogP contribution in [0.3, 0.4) is 0 Å². The third-order valence-electron chi connectivity index (χ3n) is 2.46. The Morgan fingerprint density at radius 2 is 1.06 bits per heavy atom. The fourth-order valence-corrected chi connectivity index (χ4v) is 1.56. The summed E-state index contributed by atoms with van der Waals surface area (Å²) in [6.45, 7) is 3.76. The Morgan fingerprint density at radius 3 is 1.41 bits per heavy atom. The Hall–Kier alpha value is 1.04. The Morgan fingerprint density at radius 1 is 0.706 bits per heavy atom. The van der Waals surface area contributed by atoms with E-state index in [4.69, 9.17) is 0 Å². The molecule has 17 heavy (non-hydrogen) atoms. The zero-order valence-electron chi connectivity index (χ0n) is 10.5. The molecule has 0 heterocycles. The van der Waals surface area contributed by atoms with Crippen molar-refractivity contribution < 1.29 is 30.2 Å². The van der Waals surface area contributed by atoms with Gasteiger partial charge in [-0.25, -0.2) is 0 Å². The molecule has 0 aliphatic carbocycles. The van der Waals surface area contributed by atoms with Gasteiger partial charge in [0.1, 0.15) is 0 Å². The van der Waals surface area contributed by atoms with Crippen molar-refractivity contribution in [1.29, 1.82) is 0 Å². The molecule has 0 fully saturated rings. The molecular weight excluding hydrogens is 305 g/mol. The minimum atomic E-state index is -3.96. The minimum absolute atomic E-state index is 0. The van der Waals surface area contributed by atoms with E-state index in [1.54, 1.807) is 0 Å². The van der Waals surface area contributed by atoms with Gasteiger partial charge >= 0.3 is 29.2 Å². The molecule has 0 atom stereocenters. The van der Waals surface area contributed by atoms with Gasteiger partial charge < -0.3 is 23.9 Å². The summed E-state index contributed by atoms with van der Waals surface area (Å²) in [5, 5.41) is 0. The van der Waals surface area contributed by atoms with Crippen LogP contribution in [0.4, 0.5) is 13.2 Å². The summed E-state index contributed by atoms with van der Waals surface area (Å²) in [6, 6.07) is 0. The van der Waals surface area contributed by atoms with Crippen LogP contribution in [0.1, 0.15) is 64.2 Å². The average molecular weight is 328 g/mol. The van der Waals surface area contributed by atoms with Gasteiger partial charge in [0.25, 0.3) is 0 Å². The molecule has 0 aliphatic rings. The van der Waals surface area contributed by atoms with Crippen molar-refractivity contribution in [2.24, 2.45) is 0 Å². The molecule has 0 aliphatic heterocycles. The molecule has 0 aromatic carbocycles. The monoisotopic (exact) mass is 326 g/mol. The summed E-state index contributed by atoms with van der Waals surface area (Å²) in [4.78, 5) is 0. The van der Waals surface area contributed by atoms with Gasteiger partial charge in [0, 0.05) is 6.42 Å². The SMILES string of the molecule is [Br-].[CH2-]CCCCCCCCCCC(F)(F)F.[Mg+2]. The van der Waals surface area contributed by atoms with Crippen LogP contribution in [-0.2, 0) is 0 Å². The van der Waals surface area contributed by atoms with Crippen molar-refractivity contribution >= 4 is 23.1 Å². The molecule has 0 unspecified atom stereocenters. The van der Waals surface area contributed by atoms with Crippen molar-refractivity contribution in [1.82, 2.24) is 0 Å². The van der Waals surface area contributed by atoms with E-state index in [1.165, 1.54) is 19.3 Å². The first kappa shape index (κ1) is 23.2. The Kier molecular flexibility index (Phi) is 20.6. The topological polar surface area (TPSA) is 0 Å². The van der Waals surface area contributed by atoms with Crippen LogP contribution in [-0.4, -0.2) is 29.2 Å². The second-order valence-electron chi connectivity index (χ2n) is 4.05. The molecule has 0 nitrogen and oxygen atoms in total.